The normalized spacial score (nSPS) is 18.5. The second kappa shape index (κ2) is 5.17. The molecule has 2 heterocycles. The average molecular weight is 296 g/mol. The van der Waals surface area contributed by atoms with Gasteiger partial charge >= 0.3 is 0 Å². The Morgan fingerprint density at radius 1 is 1.47 bits per heavy atom. The van der Waals surface area contributed by atoms with Crippen molar-refractivity contribution in [3.63, 3.8) is 0 Å². The molecule has 0 radical (unpaired) electrons. The second-order valence-electron chi connectivity index (χ2n) is 3.77. The zero-order valence-corrected chi connectivity index (χ0v) is 11.8. The van der Waals surface area contributed by atoms with E-state index < -0.39 is 10.0 Å². The van der Waals surface area contributed by atoms with Gasteiger partial charge in [0, 0.05) is 24.6 Å². The molecule has 17 heavy (non-hydrogen) atoms. The highest BCUT2D eigenvalue weighted by molar-refractivity contribution is 7.99. The summed E-state index contributed by atoms with van der Waals surface area (Å²) in [6.07, 6.45) is 0. The van der Waals surface area contributed by atoms with Crippen LogP contribution in [0.4, 0.5) is 0 Å². The molecule has 0 amide bonds. The number of halogens is 1. The molecule has 1 aliphatic rings. The zero-order valence-electron chi connectivity index (χ0n) is 9.44. The van der Waals surface area contributed by atoms with Crippen LogP contribution in [0, 0.1) is 6.92 Å². The standard InChI is InChI=1S/C9H14ClN3O2S2/c1-7-9(8(6-10)12-11-7)17(14,15)13-2-4-16-5-3-13/h2-6H2,1H3,(H,11,12). The van der Waals surface area contributed by atoms with Gasteiger partial charge in [0.1, 0.15) is 4.90 Å². The third-order valence-electron chi connectivity index (χ3n) is 2.66. The molecule has 0 aliphatic carbocycles. The quantitative estimate of drug-likeness (QED) is 0.851. The number of aromatic amines is 1. The topological polar surface area (TPSA) is 66.1 Å². The fraction of sp³-hybridized carbons (Fsp3) is 0.667. The number of nitrogens with one attached hydrogen (secondary N) is 1. The number of H-pyrrole nitrogens is 1. The first-order valence-corrected chi connectivity index (χ1v) is 8.38. The van der Waals surface area contributed by atoms with Gasteiger partial charge in [-0.3, -0.25) is 5.10 Å². The number of thioether (sulfide) groups is 1. The average Bonchev–Trinajstić information content (AvgIpc) is 2.72. The number of hydrogen-bond donors (Lipinski definition) is 1. The first kappa shape index (κ1) is 13.2. The van der Waals surface area contributed by atoms with Gasteiger partial charge in [0.25, 0.3) is 0 Å². The molecule has 1 aliphatic heterocycles. The minimum Gasteiger partial charge on any atom is -0.281 e. The summed E-state index contributed by atoms with van der Waals surface area (Å²) >= 11 is 7.49. The van der Waals surface area contributed by atoms with Crippen LogP contribution in [0.15, 0.2) is 4.90 Å². The third kappa shape index (κ3) is 2.47. The van der Waals surface area contributed by atoms with Crippen molar-refractivity contribution in [3.8, 4) is 0 Å². The van der Waals surface area contributed by atoms with Crippen LogP contribution < -0.4 is 0 Å². The molecule has 8 heteroatoms. The van der Waals surface area contributed by atoms with Crippen LogP contribution in [-0.4, -0.2) is 47.5 Å². The third-order valence-corrected chi connectivity index (χ3v) is 5.95. The van der Waals surface area contributed by atoms with Crippen LogP contribution in [0.3, 0.4) is 0 Å². The SMILES string of the molecule is Cc1[nH]nc(CCl)c1S(=O)(=O)N1CCSCC1. The summed E-state index contributed by atoms with van der Waals surface area (Å²) in [6, 6.07) is 0. The molecular formula is C9H14ClN3O2S2. The summed E-state index contributed by atoms with van der Waals surface area (Å²) in [5, 5.41) is 6.62. The molecule has 0 unspecified atom stereocenters. The lowest BCUT2D eigenvalue weighted by molar-refractivity contribution is 0.443. The molecule has 0 saturated carbocycles. The Hall–Kier alpha value is -0.240. The molecule has 1 aromatic rings. The minimum absolute atomic E-state index is 0.0987. The Morgan fingerprint density at radius 3 is 2.71 bits per heavy atom. The van der Waals surface area contributed by atoms with Crippen LogP contribution in [0.25, 0.3) is 0 Å². The van der Waals surface area contributed by atoms with E-state index in [1.807, 2.05) is 0 Å². The number of sulfonamides is 1. The van der Waals surface area contributed by atoms with Crippen molar-refractivity contribution >= 4 is 33.4 Å². The van der Waals surface area contributed by atoms with Crippen LogP contribution in [0.5, 0.6) is 0 Å². The number of hydrogen-bond acceptors (Lipinski definition) is 4. The maximum atomic E-state index is 12.4. The van der Waals surface area contributed by atoms with E-state index in [-0.39, 0.29) is 10.8 Å². The van der Waals surface area contributed by atoms with Crippen LogP contribution in [0.1, 0.15) is 11.4 Å². The van der Waals surface area contributed by atoms with Gasteiger partial charge in [-0.1, -0.05) is 0 Å². The van der Waals surface area contributed by atoms with E-state index in [1.165, 1.54) is 4.31 Å². The monoisotopic (exact) mass is 295 g/mol. The van der Waals surface area contributed by atoms with Crippen molar-refractivity contribution in [2.45, 2.75) is 17.7 Å². The predicted octanol–water partition coefficient (Wildman–Crippen LogP) is 1.19. The molecule has 1 aromatic heterocycles. The molecule has 1 N–H and O–H groups in total. The van der Waals surface area contributed by atoms with E-state index in [9.17, 15) is 8.42 Å². The molecule has 96 valence electrons. The molecule has 0 atom stereocenters. The smallest absolute Gasteiger partial charge is 0.246 e. The molecule has 0 bridgehead atoms. The summed E-state index contributed by atoms with van der Waals surface area (Å²) in [7, 11) is -3.45. The maximum absolute atomic E-state index is 12.4. The minimum atomic E-state index is -3.45. The highest BCUT2D eigenvalue weighted by Crippen LogP contribution is 2.25. The van der Waals surface area contributed by atoms with Crippen molar-refractivity contribution in [2.75, 3.05) is 24.6 Å². The molecule has 0 spiro atoms. The van der Waals surface area contributed by atoms with Gasteiger partial charge in [-0.15, -0.1) is 11.6 Å². The number of nitrogens with zero attached hydrogens (tertiary/aromatic N) is 2. The maximum Gasteiger partial charge on any atom is 0.246 e. The summed E-state index contributed by atoms with van der Waals surface area (Å²) in [6.45, 7) is 2.81. The number of aryl methyl sites for hydroxylation is 1. The molecular weight excluding hydrogens is 282 g/mol. The molecule has 1 saturated heterocycles. The summed E-state index contributed by atoms with van der Waals surface area (Å²) in [5.41, 5.74) is 0.960. The first-order chi connectivity index (χ1) is 8.07. The molecule has 5 nitrogen and oxygen atoms in total. The first-order valence-electron chi connectivity index (χ1n) is 5.25. The fourth-order valence-electron chi connectivity index (χ4n) is 1.82. The van der Waals surface area contributed by atoms with Gasteiger partial charge in [-0.25, -0.2) is 8.42 Å². The van der Waals surface area contributed by atoms with Gasteiger partial charge in [0.05, 0.1) is 17.3 Å². The van der Waals surface area contributed by atoms with Crippen molar-refractivity contribution < 1.29 is 8.42 Å². The summed E-state index contributed by atoms with van der Waals surface area (Å²) in [5.74, 6) is 1.78. The highest BCUT2D eigenvalue weighted by Gasteiger charge is 2.31. The second-order valence-corrected chi connectivity index (χ2v) is 7.14. The van der Waals surface area contributed by atoms with E-state index in [1.54, 1.807) is 18.7 Å². The van der Waals surface area contributed by atoms with E-state index in [4.69, 9.17) is 11.6 Å². The summed E-state index contributed by atoms with van der Waals surface area (Å²) in [4.78, 5) is 0.249. The van der Waals surface area contributed by atoms with Crippen molar-refractivity contribution in [3.05, 3.63) is 11.4 Å². The van der Waals surface area contributed by atoms with Crippen molar-refractivity contribution in [2.24, 2.45) is 0 Å². The van der Waals surface area contributed by atoms with Crippen LogP contribution >= 0.6 is 23.4 Å². The lowest BCUT2D eigenvalue weighted by atomic mass is 10.4. The Bertz CT molecular complexity index is 494. The Morgan fingerprint density at radius 2 is 2.12 bits per heavy atom. The Balaban J connectivity index is 2.39. The van der Waals surface area contributed by atoms with Gasteiger partial charge in [-0.05, 0) is 6.92 Å². The van der Waals surface area contributed by atoms with E-state index in [0.29, 0.717) is 24.5 Å². The van der Waals surface area contributed by atoms with E-state index in [0.717, 1.165) is 11.5 Å². The van der Waals surface area contributed by atoms with Crippen LogP contribution in [0.2, 0.25) is 0 Å². The Labute approximate surface area is 110 Å². The lowest BCUT2D eigenvalue weighted by Crippen LogP contribution is -2.38. The number of aromatic nitrogens is 2. The summed E-state index contributed by atoms with van der Waals surface area (Å²) < 4.78 is 26.4. The molecule has 2 rings (SSSR count). The number of rotatable bonds is 3. The van der Waals surface area contributed by atoms with Gasteiger partial charge < -0.3 is 0 Å². The molecule has 0 aromatic carbocycles. The lowest BCUT2D eigenvalue weighted by Gasteiger charge is -2.25. The fourth-order valence-corrected chi connectivity index (χ4v) is 4.99. The van der Waals surface area contributed by atoms with Gasteiger partial charge in [-0.2, -0.15) is 21.2 Å². The van der Waals surface area contributed by atoms with Gasteiger partial charge in [0.15, 0.2) is 0 Å². The molecule has 1 fully saturated rings. The largest absolute Gasteiger partial charge is 0.281 e. The Kier molecular flexibility index (Phi) is 4.02. The predicted molar refractivity (Wildman–Crippen MR) is 69.0 cm³/mol. The highest BCUT2D eigenvalue weighted by atomic mass is 35.5. The van der Waals surface area contributed by atoms with Crippen molar-refractivity contribution in [1.29, 1.82) is 0 Å². The van der Waals surface area contributed by atoms with Crippen molar-refractivity contribution in [1.82, 2.24) is 14.5 Å². The van der Waals surface area contributed by atoms with E-state index in [2.05, 4.69) is 10.2 Å². The van der Waals surface area contributed by atoms with E-state index >= 15 is 0 Å². The van der Waals surface area contributed by atoms with Gasteiger partial charge in [0.2, 0.25) is 10.0 Å². The zero-order chi connectivity index (χ0) is 12.5. The van der Waals surface area contributed by atoms with Crippen LogP contribution in [-0.2, 0) is 15.9 Å². The number of alkyl halides is 1.